The molecule has 226 valence electrons. The molecule has 9 nitrogen and oxygen atoms in total. The van der Waals surface area contributed by atoms with Gasteiger partial charge in [0.2, 0.25) is 0 Å². The van der Waals surface area contributed by atoms with Gasteiger partial charge in [-0.1, -0.05) is 36.4 Å². The predicted molar refractivity (Wildman–Crippen MR) is 142 cm³/mol. The summed E-state index contributed by atoms with van der Waals surface area (Å²) in [7, 11) is 0. The van der Waals surface area contributed by atoms with Gasteiger partial charge in [-0.2, -0.15) is 18.3 Å². The fourth-order valence-electron chi connectivity index (χ4n) is 4.32. The minimum Gasteiger partial charge on any atom is -0.460 e. The number of nitrogens with zero attached hydrogens (tertiary/aromatic N) is 4. The molecular formula is C29H26F5N5O4. The summed E-state index contributed by atoms with van der Waals surface area (Å²) >= 11 is 0. The number of carbonyl (C=O) groups is 2. The standard InChI is InChI=1S/C29H26F5N5O4/c1-19(28(42,16-38-18-35-17-37-38)24-12-11-23(30)13-25(24)31)39(27(41)21-7-9-22(10-8-21)29(32,33)34)36-14-26(40)43-15-20-5-3-2-4-6-20/h2-13,17-19,36,42H,14-16H2,1H3/t19-,28-/m1/s1. The van der Waals surface area contributed by atoms with Gasteiger partial charge in [-0.3, -0.25) is 14.6 Å². The highest BCUT2D eigenvalue weighted by Crippen LogP contribution is 2.33. The lowest BCUT2D eigenvalue weighted by molar-refractivity contribution is -0.145. The molecule has 1 heterocycles. The van der Waals surface area contributed by atoms with Gasteiger partial charge in [0.15, 0.2) is 0 Å². The Kier molecular flexibility index (Phi) is 9.51. The van der Waals surface area contributed by atoms with Crippen LogP contribution in [0.3, 0.4) is 0 Å². The number of alkyl halides is 3. The quantitative estimate of drug-likeness (QED) is 0.150. The minimum atomic E-state index is -4.66. The lowest BCUT2D eigenvalue weighted by atomic mass is 9.85. The number of hydrazine groups is 1. The Balaban J connectivity index is 1.68. The van der Waals surface area contributed by atoms with E-state index >= 15 is 4.39 Å². The third kappa shape index (κ3) is 7.59. The van der Waals surface area contributed by atoms with E-state index in [1.807, 2.05) is 0 Å². The van der Waals surface area contributed by atoms with Crippen LogP contribution < -0.4 is 5.43 Å². The SMILES string of the molecule is C[C@@H](N(NCC(=O)OCc1ccccc1)C(=O)c1ccc(C(F)(F)F)cc1)[C@](O)(Cn1cncn1)c1ccc(F)cc1F. The van der Waals surface area contributed by atoms with Gasteiger partial charge in [0.1, 0.15) is 43.0 Å². The van der Waals surface area contributed by atoms with E-state index in [2.05, 4.69) is 15.5 Å². The molecule has 4 aromatic rings. The van der Waals surface area contributed by atoms with Crippen LogP contribution in [0.15, 0.2) is 85.5 Å². The Bertz CT molecular complexity index is 1540. The summed E-state index contributed by atoms with van der Waals surface area (Å²) in [5.41, 5.74) is -0.745. The zero-order chi connectivity index (χ0) is 31.2. The Hall–Kier alpha value is -4.69. The van der Waals surface area contributed by atoms with Crippen LogP contribution in [0.25, 0.3) is 0 Å². The molecular weight excluding hydrogens is 577 g/mol. The number of esters is 1. The average molecular weight is 604 g/mol. The average Bonchev–Trinajstić information content (AvgIpc) is 3.48. The first kappa shape index (κ1) is 31.3. The molecule has 0 radical (unpaired) electrons. The number of halogens is 5. The first-order valence-corrected chi connectivity index (χ1v) is 12.8. The number of hydrogen-bond acceptors (Lipinski definition) is 7. The summed E-state index contributed by atoms with van der Waals surface area (Å²) in [5.74, 6) is -3.83. The Morgan fingerprint density at radius 2 is 1.74 bits per heavy atom. The highest BCUT2D eigenvalue weighted by atomic mass is 19.4. The number of carbonyl (C=O) groups excluding carboxylic acids is 2. The number of benzene rings is 3. The van der Waals surface area contributed by atoms with Crippen molar-refractivity contribution in [3.05, 3.63) is 119 Å². The van der Waals surface area contributed by atoms with Gasteiger partial charge in [-0.05, 0) is 42.8 Å². The second-order valence-electron chi connectivity index (χ2n) is 9.55. The van der Waals surface area contributed by atoms with Crippen LogP contribution in [0.2, 0.25) is 0 Å². The number of ether oxygens (including phenoxy) is 1. The van der Waals surface area contributed by atoms with Crippen LogP contribution >= 0.6 is 0 Å². The van der Waals surface area contributed by atoms with E-state index in [0.29, 0.717) is 23.8 Å². The van der Waals surface area contributed by atoms with E-state index in [1.165, 1.54) is 13.3 Å². The van der Waals surface area contributed by atoms with E-state index in [1.54, 1.807) is 30.3 Å². The number of rotatable bonds is 11. The van der Waals surface area contributed by atoms with E-state index in [9.17, 15) is 32.3 Å². The zero-order valence-electron chi connectivity index (χ0n) is 22.6. The molecule has 0 saturated heterocycles. The fraction of sp³-hybridized carbons (Fsp3) is 0.241. The molecule has 0 saturated carbocycles. The van der Waals surface area contributed by atoms with Crippen LogP contribution in [0, 0.1) is 11.6 Å². The van der Waals surface area contributed by atoms with Gasteiger partial charge in [-0.25, -0.2) is 23.9 Å². The first-order valence-electron chi connectivity index (χ1n) is 12.8. The molecule has 3 aromatic carbocycles. The molecule has 43 heavy (non-hydrogen) atoms. The molecule has 0 unspecified atom stereocenters. The third-order valence-electron chi connectivity index (χ3n) is 6.66. The summed E-state index contributed by atoms with van der Waals surface area (Å²) in [6, 6.07) is 13.0. The van der Waals surface area contributed by atoms with Gasteiger partial charge in [0, 0.05) is 17.2 Å². The van der Waals surface area contributed by atoms with Crippen molar-refractivity contribution in [1.82, 2.24) is 25.2 Å². The first-order chi connectivity index (χ1) is 20.4. The van der Waals surface area contributed by atoms with Crippen molar-refractivity contribution in [1.29, 1.82) is 0 Å². The predicted octanol–water partition coefficient (Wildman–Crippen LogP) is 4.24. The van der Waals surface area contributed by atoms with Crippen molar-refractivity contribution in [2.24, 2.45) is 0 Å². The molecule has 1 aromatic heterocycles. The fourth-order valence-corrected chi connectivity index (χ4v) is 4.32. The summed E-state index contributed by atoms with van der Waals surface area (Å²) in [4.78, 5) is 30.1. The van der Waals surface area contributed by atoms with E-state index < -0.39 is 65.5 Å². The highest BCUT2D eigenvalue weighted by Gasteiger charge is 2.44. The number of aliphatic hydroxyl groups is 1. The maximum atomic E-state index is 15.1. The largest absolute Gasteiger partial charge is 0.460 e. The molecule has 2 atom stereocenters. The smallest absolute Gasteiger partial charge is 0.416 e. The Labute approximate surface area is 242 Å². The van der Waals surface area contributed by atoms with E-state index in [-0.39, 0.29) is 12.2 Å². The van der Waals surface area contributed by atoms with Crippen molar-refractivity contribution >= 4 is 11.9 Å². The molecule has 0 bridgehead atoms. The minimum absolute atomic E-state index is 0.0826. The number of amides is 1. The van der Waals surface area contributed by atoms with Gasteiger partial charge in [-0.15, -0.1) is 0 Å². The van der Waals surface area contributed by atoms with E-state index in [4.69, 9.17) is 4.74 Å². The normalized spacial score (nSPS) is 13.7. The summed E-state index contributed by atoms with van der Waals surface area (Å²) < 4.78 is 74.7. The second kappa shape index (κ2) is 13.1. The van der Waals surface area contributed by atoms with Crippen LogP contribution in [0.1, 0.15) is 34.0 Å². The Morgan fingerprint density at radius 3 is 2.35 bits per heavy atom. The monoisotopic (exact) mass is 603 g/mol. The molecule has 1 amide bonds. The lowest BCUT2D eigenvalue weighted by Gasteiger charge is -2.41. The summed E-state index contributed by atoms with van der Waals surface area (Å²) in [5, 5.41) is 16.7. The van der Waals surface area contributed by atoms with Crippen molar-refractivity contribution in [3.63, 3.8) is 0 Å². The maximum absolute atomic E-state index is 15.1. The van der Waals surface area contributed by atoms with Crippen LogP contribution in [0.5, 0.6) is 0 Å². The molecule has 4 rings (SSSR count). The van der Waals surface area contributed by atoms with Crippen LogP contribution in [-0.4, -0.2) is 49.3 Å². The molecule has 0 aliphatic rings. The maximum Gasteiger partial charge on any atom is 0.416 e. The highest BCUT2D eigenvalue weighted by molar-refractivity contribution is 5.94. The number of nitrogens with one attached hydrogen (secondary N) is 1. The third-order valence-corrected chi connectivity index (χ3v) is 6.66. The molecule has 0 aliphatic heterocycles. The van der Waals surface area contributed by atoms with Crippen molar-refractivity contribution in [3.8, 4) is 0 Å². The number of hydrogen-bond donors (Lipinski definition) is 2. The van der Waals surface area contributed by atoms with E-state index in [0.717, 1.165) is 40.3 Å². The lowest BCUT2D eigenvalue weighted by Crippen LogP contribution is -2.59. The number of aromatic nitrogens is 3. The summed E-state index contributed by atoms with van der Waals surface area (Å²) in [6.45, 7) is 0.118. The Morgan fingerprint density at radius 1 is 1.05 bits per heavy atom. The summed E-state index contributed by atoms with van der Waals surface area (Å²) in [6.07, 6.45) is -2.29. The molecule has 0 fully saturated rings. The van der Waals surface area contributed by atoms with Crippen molar-refractivity contribution in [2.45, 2.75) is 37.9 Å². The molecule has 0 spiro atoms. The van der Waals surface area contributed by atoms with Gasteiger partial charge < -0.3 is 9.84 Å². The molecule has 0 aliphatic carbocycles. The van der Waals surface area contributed by atoms with Gasteiger partial charge in [0.25, 0.3) is 5.91 Å². The molecule has 2 N–H and O–H groups in total. The zero-order valence-corrected chi connectivity index (χ0v) is 22.6. The topological polar surface area (TPSA) is 110 Å². The van der Waals surface area contributed by atoms with Crippen molar-refractivity contribution in [2.75, 3.05) is 6.54 Å². The van der Waals surface area contributed by atoms with Gasteiger partial charge in [0.05, 0.1) is 18.2 Å². The van der Waals surface area contributed by atoms with Crippen LogP contribution in [-0.2, 0) is 34.5 Å². The molecule has 14 heteroatoms. The van der Waals surface area contributed by atoms with Gasteiger partial charge >= 0.3 is 12.1 Å². The van der Waals surface area contributed by atoms with Crippen LogP contribution in [0.4, 0.5) is 22.0 Å². The van der Waals surface area contributed by atoms with Crippen molar-refractivity contribution < 1.29 is 41.4 Å². The second-order valence-corrected chi connectivity index (χ2v) is 9.55.